The van der Waals surface area contributed by atoms with Gasteiger partial charge >= 0.3 is 6.18 Å². The summed E-state index contributed by atoms with van der Waals surface area (Å²) >= 11 is 0. The third-order valence-electron chi connectivity index (χ3n) is 2.76. The molecule has 1 amide bonds. The van der Waals surface area contributed by atoms with Crippen LogP contribution in [0.25, 0.3) is 0 Å². The van der Waals surface area contributed by atoms with E-state index < -0.39 is 12.1 Å². The minimum Gasteiger partial charge on any atom is -0.342 e. The van der Waals surface area contributed by atoms with E-state index in [0.29, 0.717) is 0 Å². The summed E-state index contributed by atoms with van der Waals surface area (Å²) in [6.07, 6.45) is -4.02. The third-order valence-corrected chi connectivity index (χ3v) is 2.76. The summed E-state index contributed by atoms with van der Waals surface area (Å²) in [6, 6.07) is 0. The van der Waals surface area contributed by atoms with Crippen molar-refractivity contribution in [3.05, 3.63) is 0 Å². The molecule has 0 atom stereocenters. The summed E-state index contributed by atoms with van der Waals surface area (Å²) < 4.78 is 37.0. The van der Waals surface area contributed by atoms with Crippen LogP contribution in [0, 0.1) is 11.8 Å². The van der Waals surface area contributed by atoms with E-state index in [1.165, 1.54) is 4.90 Å². The van der Waals surface area contributed by atoms with Crippen molar-refractivity contribution in [2.45, 2.75) is 32.9 Å². The molecule has 5 heteroatoms. The van der Waals surface area contributed by atoms with Crippen molar-refractivity contribution >= 4 is 5.91 Å². The number of piperidine rings is 1. The number of rotatable bonds is 1. The highest BCUT2D eigenvalue weighted by Crippen LogP contribution is 2.34. The van der Waals surface area contributed by atoms with Crippen LogP contribution in [-0.4, -0.2) is 30.1 Å². The van der Waals surface area contributed by atoms with Crippen molar-refractivity contribution < 1.29 is 18.0 Å². The lowest BCUT2D eigenvalue weighted by atomic mass is 9.95. The standard InChI is InChI=1S/C10H16F3NO/c1-7(2)9(15)14-5-3-8(4-6-14)10(11,12)13/h7-8H,3-6H2,1-2H3. The van der Waals surface area contributed by atoms with Gasteiger partial charge in [0.2, 0.25) is 5.91 Å². The largest absolute Gasteiger partial charge is 0.391 e. The fraction of sp³-hybridized carbons (Fsp3) is 0.900. The van der Waals surface area contributed by atoms with E-state index in [2.05, 4.69) is 0 Å². The average Bonchev–Trinajstić information content (AvgIpc) is 2.15. The lowest BCUT2D eigenvalue weighted by Gasteiger charge is -2.33. The molecule has 2 nitrogen and oxygen atoms in total. The lowest BCUT2D eigenvalue weighted by Crippen LogP contribution is -2.43. The molecule has 1 rings (SSSR count). The van der Waals surface area contributed by atoms with Gasteiger partial charge in [-0.05, 0) is 12.8 Å². The Morgan fingerprint density at radius 1 is 1.27 bits per heavy atom. The van der Waals surface area contributed by atoms with Crippen LogP contribution >= 0.6 is 0 Å². The van der Waals surface area contributed by atoms with E-state index >= 15 is 0 Å². The van der Waals surface area contributed by atoms with Gasteiger partial charge in [-0.2, -0.15) is 13.2 Å². The highest BCUT2D eigenvalue weighted by Gasteiger charge is 2.41. The summed E-state index contributed by atoms with van der Waals surface area (Å²) in [6.45, 7) is 4.00. The first-order chi connectivity index (χ1) is 6.82. The van der Waals surface area contributed by atoms with Crippen molar-refractivity contribution in [1.29, 1.82) is 0 Å². The molecular formula is C10H16F3NO. The Morgan fingerprint density at radius 3 is 2.07 bits per heavy atom. The fourth-order valence-electron chi connectivity index (χ4n) is 1.79. The van der Waals surface area contributed by atoms with Gasteiger partial charge in [-0.15, -0.1) is 0 Å². The van der Waals surface area contributed by atoms with E-state index in [4.69, 9.17) is 0 Å². The molecule has 1 saturated heterocycles. The number of likely N-dealkylation sites (tertiary alicyclic amines) is 1. The molecule has 1 fully saturated rings. The minimum absolute atomic E-state index is 0.0436. The zero-order chi connectivity index (χ0) is 11.6. The molecule has 0 unspecified atom stereocenters. The molecule has 88 valence electrons. The maximum Gasteiger partial charge on any atom is 0.391 e. The summed E-state index contributed by atoms with van der Waals surface area (Å²) in [5.41, 5.74) is 0. The number of hydrogen-bond acceptors (Lipinski definition) is 1. The van der Waals surface area contributed by atoms with E-state index in [0.717, 1.165) is 0 Å². The third kappa shape index (κ3) is 3.11. The van der Waals surface area contributed by atoms with Gasteiger partial charge in [-0.25, -0.2) is 0 Å². The second-order valence-electron chi connectivity index (χ2n) is 4.30. The Hall–Kier alpha value is -0.740. The average molecular weight is 223 g/mol. The van der Waals surface area contributed by atoms with E-state index in [1.807, 2.05) is 0 Å². The Balaban J connectivity index is 2.46. The van der Waals surface area contributed by atoms with Crippen LogP contribution in [0.1, 0.15) is 26.7 Å². The van der Waals surface area contributed by atoms with Crippen LogP contribution in [0.3, 0.4) is 0 Å². The summed E-state index contributed by atoms with van der Waals surface area (Å²) in [5.74, 6) is -1.41. The number of amides is 1. The number of nitrogens with zero attached hydrogens (tertiary/aromatic N) is 1. The van der Waals surface area contributed by atoms with Gasteiger partial charge in [0.25, 0.3) is 0 Å². The van der Waals surface area contributed by atoms with Crippen LogP contribution in [0.5, 0.6) is 0 Å². The number of carbonyl (C=O) groups excluding carboxylic acids is 1. The number of alkyl halides is 3. The zero-order valence-electron chi connectivity index (χ0n) is 8.97. The molecule has 0 saturated carbocycles. The van der Waals surface area contributed by atoms with Gasteiger partial charge in [0.1, 0.15) is 0 Å². The fourth-order valence-corrected chi connectivity index (χ4v) is 1.79. The van der Waals surface area contributed by atoms with Crippen LogP contribution in [0.15, 0.2) is 0 Å². The van der Waals surface area contributed by atoms with Crippen molar-refractivity contribution in [3.63, 3.8) is 0 Å². The normalized spacial score (nSPS) is 19.7. The van der Waals surface area contributed by atoms with Gasteiger partial charge in [0.15, 0.2) is 0 Å². The first kappa shape index (κ1) is 12.3. The highest BCUT2D eigenvalue weighted by atomic mass is 19.4. The molecule has 1 heterocycles. The van der Waals surface area contributed by atoms with E-state index in [-0.39, 0.29) is 37.8 Å². The molecule has 0 aromatic heterocycles. The predicted molar refractivity (Wildman–Crippen MR) is 50.2 cm³/mol. The van der Waals surface area contributed by atoms with Crippen molar-refractivity contribution in [2.75, 3.05) is 13.1 Å². The molecule has 0 bridgehead atoms. The Kier molecular flexibility index (Phi) is 3.62. The Bertz CT molecular complexity index is 229. The smallest absolute Gasteiger partial charge is 0.342 e. The van der Waals surface area contributed by atoms with Crippen molar-refractivity contribution in [2.24, 2.45) is 11.8 Å². The van der Waals surface area contributed by atoms with Crippen LogP contribution in [0.4, 0.5) is 13.2 Å². The number of hydrogen-bond donors (Lipinski definition) is 0. The van der Waals surface area contributed by atoms with Crippen molar-refractivity contribution in [1.82, 2.24) is 4.90 Å². The van der Waals surface area contributed by atoms with Gasteiger partial charge < -0.3 is 4.90 Å². The minimum atomic E-state index is -4.10. The molecule has 0 aromatic rings. The maximum absolute atomic E-state index is 12.3. The summed E-state index contributed by atoms with van der Waals surface area (Å²) in [7, 11) is 0. The van der Waals surface area contributed by atoms with E-state index in [9.17, 15) is 18.0 Å². The van der Waals surface area contributed by atoms with Gasteiger partial charge in [-0.3, -0.25) is 4.79 Å². The molecule has 0 spiro atoms. The van der Waals surface area contributed by atoms with Crippen molar-refractivity contribution in [3.8, 4) is 0 Å². The molecule has 0 aliphatic carbocycles. The zero-order valence-corrected chi connectivity index (χ0v) is 8.97. The molecule has 1 aliphatic heterocycles. The van der Waals surface area contributed by atoms with Crippen LogP contribution in [0.2, 0.25) is 0 Å². The second kappa shape index (κ2) is 4.41. The molecular weight excluding hydrogens is 207 g/mol. The first-order valence-electron chi connectivity index (χ1n) is 5.18. The van der Waals surface area contributed by atoms with E-state index in [1.54, 1.807) is 13.8 Å². The van der Waals surface area contributed by atoms with Gasteiger partial charge in [0, 0.05) is 19.0 Å². The molecule has 0 N–H and O–H groups in total. The molecule has 15 heavy (non-hydrogen) atoms. The molecule has 0 radical (unpaired) electrons. The molecule has 0 aromatic carbocycles. The molecule has 1 aliphatic rings. The Labute approximate surface area is 87.4 Å². The number of halogens is 3. The predicted octanol–water partition coefficient (Wildman–Crippen LogP) is 2.44. The summed E-state index contributed by atoms with van der Waals surface area (Å²) in [5, 5.41) is 0. The first-order valence-corrected chi connectivity index (χ1v) is 5.18. The Morgan fingerprint density at radius 2 is 1.73 bits per heavy atom. The second-order valence-corrected chi connectivity index (χ2v) is 4.30. The summed E-state index contributed by atoms with van der Waals surface area (Å²) in [4.78, 5) is 13.0. The lowest BCUT2D eigenvalue weighted by molar-refractivity contribution is -0.186. The monoisotopic (exact) mass is 223 g/mol. The maximum atomic E-state index is 12.3. The quantitative estimate of drug-likeness (QED) is 0.668. The highest BCUT2D eigenvalue weighted by molar-refractivity contribution is 5.78. The van der Waals surface area contributed by atoms with Gasteiger partial charge in [-0.1, -0.05) is 13.8 Å². The van der Waals surface area contributed by atoms with Crippen LogP contribution in [-0.2, 0) is 4.79 Å². The topological polar surface area (TPSA) is 20.3 Å². The van der Waals surface area contributed by atoms with Gasteiger partial charge in [0.05, 0.1) is 5.92 Å². The van der Waals surface area contributed by atoms with Crippen LogP contribution < -0.4 is 0 Å². The number of carbonyl (C=O) groups is 1. The SMILES string of the molecule is CC(C)C(=O)N1CCC(C(F)(F)F)CC1.